The van der Waals surface area contributed by atoms with E-state index in [-0.39, 0.29) is 18.1 Å². The number of nitrogens with one attached hydrogen (secondary N) is 2. The van der Waals surface area contributed by atoms with Crippen molar-refractivity contribution >= 4 is 22.7 Å². The van der Waals surface area contributed by atoms with E-state index in [4.69, 9.17) is 5.73 Å². The number of aryl methyl sites for hydroxylation is 1. The van der Waals surface area contributed by atoms with Gasteiger partial charge < -0.3 is 16.0 Å². The Balaban J connectivity index is 1.93. The number of aromatic nitrogens is 1. The first-order chi connectivity index (χ1) is 13.2. The standard InChI is InChI=1S/C21H21F2N3O2/c1-21(2,20(24)28)26-18(27)10-8-15-16-11-14(23)7-9-17(16)25-19(15)12-3-5-13(22)6-4-12/h3-7,9,11,25H,8,10H2,1-2H3,(H2,24,28)(H,26,27). The van der Waals surface area contributed by atoms with Gasteiger partial charge in [0.25, 0.3) is 0 Å². The molecule has 0 fully saturated rings. The Hall–Kier alpha value is -3.22. The summed E-state index contributed by atoms with van der Waals surface area (Å²) in [4.78, 5) is 26.9. The summed E-state index contributed by atoms with van der Waals surface area (Å²) in [6, 6.07) is 10.3. The van der Waals surface area contributed by atoms with Crippen molar-refractivity contribution in [2.45, 2.75) is 32.2 Å². The van der Waals surface area contributed by atoms with Crippen molar-refractivity contribution in [3.05, 3.63) is 59.7 Å². The van der Waals surface area contributed by atoms with Crippen LogP contribution in [-0.4, -0.2) is 22.3 Å². The van der Waals surface area contributed by atoms with Crippen LogP contribution in [0.3, 0.4) is 0 Å². The minimum atomic E-state index is -1.16. The fourth-order valence-electron chi connectivity index (χ4n) is 3.05. The molecule has 3 rings (SSSR count). The van der Waals surface area contributed by atoms with Gasteiger partial charge >= 0.3 is 0 Å². The largest absolute Gasteiger partial charge is 0.368 e. The van der Waals surface area contributed by atoms with Gasteiger partial charge in [0, 0.05) is 23.0 Å². The molecule has 0 unspecified atom stereocenters. The van der Waals surface area contributed by atoms with E-state index in [1.807, 2.05) is 0 Å². The second-order valence-corrected chi connectivity index (χ2v) is 7.21. The molecule has 7 heteroatoms. The second-order valence-electron chi connectivity index (χ2n) is 7.21. The van der Waals surface area contributed by atoms with Gasteiger partial charge in [-0.2, -0.15) is 0 Å². The van der Waals surface area contributed by atoms with Crippen molar-refractivity contribution in [2.75, 3.05) is 0 Å². The zero-order valence-electron chi connectivity index (χ0n) is 15.6. The normalized spacial score (nSPS) is 11.6. The number of aromatic amines is 1. The Kier molecular flexibility index (Phi) is 5.18. The fourth-order valence-corrected chi connectivity index (χ4v) is 3.05. The van der Waals surface area contributed by atoms with Crippen molar-refractivity contribution in [3.8, 4) is 11.3 Å². The maximum Gasteiger partial charge on any atom is 0.242 e. The first-order valence-corrected chi connectivity index (χ1v) is 8.84. The van der Waals surface area contributed by atoms with Crippen LogP contribution in [0, 0.1) is 11.6 Å². The predicted octanol–water partition coefficient (Wildman–Crippen LogP) is 3.43. The molecular formula is C21H21F2N3O2. The first-order valence-electron chi connectivity index (χ1n) is 8.84. The number of fused-ring (bicyclic) bond motifs is 1. The highest BCUT2D eigenvalue weighted by Crippen LogP contribution is 2.32. The molecule has 5 nitrogen and oxygen atoms in total. The van der Waals surface area contributed by atoms with Gasteiger partial charge in [0.05, 0.1) is 0 Å². The molecule has 3 aromatic rings. The summed E-state index contributed by atoms with van der Waals surface area (Å²) in [6.45, 7) is 3.05. The van der Waals surface area contributed by atoms with E-state index in [0.717, 1.165) is 11.1 Å². The summed E-state index contributed by atoms with van der Waals surface area (Å²) in [5, 5.41) is 3.25. The number of hydrogen-bond donors (Lipinski definition) is 3. The van der Waals surface area contributed by atoms with E-state index in [1.54, 1.807) is 18.2 Å². The first kappa shape index (κ1) is 19.5. The summed E-state index contributed by atoms with van der Waals surface area (Å²) >= 11 is 0. The third-order valence-electron chi connectivity index (χ3n) is 4.67. The number of carbonyl (C=O) groups is 2. The number of halogens is 2. The van der Waals surface area contributed by atoms with Gasteiger partial charge in [0.2, 0.25) is 11.8 Å². The van der Waals surface area contributed by atoms with Crippen molar-refractivity contribution in [3.63, 3.8) is 0 Å². The summed E-state index contributed by atoms with van der Waals surface area (Å²) in [5.74, 6) is -1.74. The lowest BCUT2D eigenvalue weighted by molar-refractivity contribution is -0.130. The molecule has 0 atom stereocenters. The summed E-state index contributed by atoms with van der Waals surface area (Å²) in [7, 11) is 0. The van der Waals surface area contributed by atoms with Gasteiger partial charge in [-0.25, -0.2) is 8.78 Å². The predicted molar refractivity (Wildman–Crippen MR) is 103 cm³/mol. The monoisotopic (exact) mass is 385 g/mol. The molecule has 0 aliphatic carbocycles. The highest BCUT2D eigenvalue weighted by molar-refractivity contribution is 5.92. The summed E-state index contributed by atoms with van der Waals surface area (Å²) in [5.41, 5.74) is 7.00. The Morgan fingerprint density at radius 1 is 1.07 bits per heavy atom. The second kappa shape index (κ2) is 7.42. The van der Waals surface area contributed by atoms with Gasteiger partial charge in [-0.1, -0.05) is 0 Å². The minimum absolute atomic E-state index is 0.0777. The molecule has 146 valence electrons. The van der Waals surface area contributed by atoms with Crippen LogP contribution in [0.4, 0.5) is 8.78 Å². The smallest absolute Gasteiger partial charge is 0.242 e. The number of H-pyrrole nitrogens is 1. The topological polar surface area (TPSA) is 88.0 Å². The third kappa shape index (κ3) is 4.03. The lowest BCUT2D eigenvalue weighted by Gasteiger charge is -2.22. The summed E-state index contributed by atoms with van der Waals surface area (Å²) in [6.07, 6.45) is 0.380. The molecule has 2 amide bonds. The number of carbonyl (C=O) groups excluding carboxylic acids is 2. The van der Waals surface area contributed by atoms with Crippen molar-refractivity contribution in [1.29, 1.82) is 0 Å². The van der Waals surface area contributed by atoms with Gasteiger partial charge in [-0.05, 0) is 73.9 Å². The molecule has 0 bridgehead atoms. The van der Waals surface area contributed by atoms with Crippen LogP contribution in [-0.2, 0) is 16.0 Å². The molecule has 0 aliphatic heterocycles. The fraction of sp³-hybridized carbons (Fsp3) is 0.238. The third-order valence-corrected chi connectivity index (χ3v) is 4.67. The Bertz CT molecular complexity index is 1040. The van der Waals surface area contributed by atoms with Gasteiger partial charge in [0.1, 0.15) is 17.2 Å². The van der Waals surface area contributed by atoms with Crippen molar-refractivity contribution in [2.24, 2.45) is 5.73 Å². The number of benzene rings is 2. The molecule has 0 saturated carbocycles. The quantitative estimate of drug-likeness (QED) is 0.607. The summed E-state index contributed by atoms with van der Waals surface area (Å²) < 4.78 is 27.1. The van der Waals surface area contributed by atoms with Crippen LogP contribution in [0.15, 0.2) is 42.5 Å². The van der Waals surface area contributed by atoms with Crippen LogP contribution in [0.2, 0.25) is 0 Å². The van der Waals surface area contributed by atoms with E-state index in [2.05, 4.69) is 10.3 Å². The zero-order chi connectivity index (χ0) is 20.5. The number of hydrogen-bond acceptors (Lipinski definition) is 2. The lowest BCUT2D eigenvalue weighted by atomic mass is 10.00. The molecule has 1 aromatic heterocycles. The molecular weight excluding hydrogens is 364 g/mol. The lowest BCUT2D eigenvalue weighted by Crippen LogP contribution is -2.53. The van der Waals surface area contributed by atoms with Crippen LogP contribution in [0.5, 0.6) is 0 Å². The van der Waals surface area contributed by atoms with Gasteiger partial charge in [-0.3, -0.25) is 9.59 Å². The average Bonchev–Trinajstić information content (AvgIpc) is 2.97. The van der Waals surface area contributed by atoms with Crippen LogP contribution >= 0.6 is 0 Å². The molecule has 28 heavy (non-hydrogen) atoms. The van der Waals surface area contributed by atoms with Crippen molar-refractivity contribution in [1.82, 2.24) is 10.3 Å². The Morgan fingerprint density at radius 3 is 2.36 bits per heavy atom. The molecule has 0 aliphatic rings. The number of amides is 2. The molecule has 4 N–H and O–H groups in total. The number of rotatable bonds is 6. The number of nitrogens with two attached hydrogens (primary N) is 1. The van der Waals surface area contributed by atoms with E-state index < -0.39 is 17.3 Å². The Morgan fingerprint density at radius 2 is 1.71 bits per heavy atom. The highest BCUT2D eigenvalue weighted by atomic mass is 19.1. The van der Waals surface area contributed by atoms with Crippen LogP contribution < -0.4 is 11.1 Å². The number of primary amides is 1. The van der Waals surface area contributed by atoms with Gasteiger partial charge in [0.15, 0.2) is 0 Å². The zero-order valence-corrected chi connectivity index (χ0v) is 15.6. The van der Waals surface area contributed by atoms with E-state index in [9.17, 15) is 18.4 Å². The van der Waals surface area contributed by atoms with Crippen LogP contribution in [0.1, 0.15) is 25.8 Å². The maximum absolute atomic E-state index is 13.8. The molecule has 0 saturated heterocycles. The molecule has 0 radical (unpaired) electrons. The molecule has 2 aromatic carbocycles. The SMILES string of the molecule is CC(C)(NC(=O)CCc1c(-c2ccc(F)cc2)[nH]c2ccc(F)cc12)C(N)=O. The Labute approximate surface area is 160 Å². The molecule has 0 spiro atoms. The highest BCUT2D eigenvalue weighted by Gasteiger charge is 2.27. The molecule has 1 heterocycles. The minimum Gasteiger partial charge on any atom is -0.368 e. The maximum atomic E-state index is 13.8. The van der Waals surface area contributed by atoms with E-state index >= 15 is 0 Å². The van der Waals surface area contributed by atoms with E-state index in [0.29, 0.717) is 23.0 Å². The van der Waals surface area contributed by atoms with Gasteiger partial charge in [-0.15, -0.1) is 0 Å². The van der Waals surface area contributed by atoms with Crippen LogP contribution in [0.25, 0.3) is 22.2 Å². The van der Waals surface area contributed by atoms with E-state index in [1.165, 1.54) is 38.1 Å². The van der Waals surface area contributed by atoms with Crippen molar-refractivity contribution < 1.29 is 18.4 Å². The average molecular weight is 385 g/mol.